The molecule has 0 amide bonds. The quantitative estimate of drug-likeness (QED) is 0.278. The van der Waals surface area contributed by atoms with Crippen LogP contribution in [-0.4, -0.2) is 43.8 Å². The fourth-order valence-corrected chi connectivity index (χ4v) is 0.741. The molecule has 5 nitrogen and oxygen atoms in total. The van der Waals surface area contributed by atoms with Crippen LogP contribution in [0, 0.1) is 0 Å². The Morgan fingerprint density at radius 1 is 1.47 bits per heavy atom. The molecule has 1 unspecified atom stereocenters. The van der Waals surface area contributed by atoms with Crippen molar-refractivity contribution in [1.29, 1.82) is 0 Å². The van der Waals surface area contributed by atoms with Gasteiger partial charge in [-0.1, -0.05) is 6.58 Å². The van der Waals surface area contributed by atoms with Crippen LogP contribution < -0.4 is 0 Å². The van der Waals surface area contributed by atoms with Crippen molar-refractivity contribution in [3.05, 3.63) is 12.2 Å². The normalized spacial score (nSPS) is 12.2. The first kappa shape index (κ1) is 14.1. The van der Waals surface area contributed by atoms with Gasteiger partial charge >= 0.3 is 5.97 Å². The van der Waals surface area contributed by atoms with E-state index < -0.39 is 12.3 Å². The van der Waals surface area contributed by atoms with Crippen LogP contribution >= 0.6 is 0 Å². The summed E-state index contributed by atoms with van der Waals surface area (Å²) < 4.78 is 14.6. The SMILES string of the molecule is C=C(C)C(=O)OCCOCC(O)OCC. The smallest absolute Gasteiger partial charge is 0.333 e. The Bertz CT molecular complexity index is 202. The van der Waals surface area contributed by atoms with Crippen LogP contribution in [0.3, 0.4) is 0 Å². The molecule has 0 radical (unpaired) electrons. The molecule has 0 rings (SSSR count). The van der Waals surface area contributed by atoms with Crippen molar-refractivity contribution in [2.45, 2.75) is 20.1 Å². The number of esters is 1. The van der Waals surface area contributed by atoms with Crippen LogP contribution in [0.2, 0.25) is 0 Å². The first-order chi connectivity index (χ1) is 7.07. The number of aliphatic hydroxyl groups excluding tert-OH is 1. The minimum absolute atomic E-state index is 0.0679. The van der Waals surface area contributed by atoms with Crippen LogP contribution in [0.1, 0.15) is 13.8 Å². The van der Waals surface area contributed by atoms with Crippen LogP contribution in [0.4, 0.5) is 0 Å². The van der Waals surface area contributed by atoms with Gasteiger partial charge in [0, 0.05) is 12.2 Å². The zero-order valence-electron chi connectivity index (χ0n) is 9.19. The van der Waals surface area contributed by atoms with E-state index in [1.54, 1.807) is 13.8 Å². The maximum atomic E-state index is 10.9. The summed E-state index contributed by atoms with van der Waals surface area (Å²) in [6.07, 6.45) is -0.924. The maximum Gasteiger partial charge on any atom is 0.333 e. The molecule has 88 valence electrons. The highest BCUT2D eigenvalue weighted by Crippen LogP contribution is 1.92. The molecule has 5 heteroatoms. The van der Waals surface area contributed by atoms with Crippen molar-refractivity contribution in [1.82, 2.24) is 0 Å². The summed E-state index contributed by atoms with van der Waals surface area (Å²) in [4.78, 5) is 10.9. The number of carbonyl (C=O) groups is 1. The average molecular weight is 218 g/mol. The molecule has 0 spiro atoms. The van der Waals surface area contributed by atoms with Crippen molar-refractivity contribution >= 4 is 5.97 Å². The highest BCUT2D eigenvalue weighted by Gasteiger charge is 2.04. The van der Waals surface area contributed by atoms with E-state index in [9.17, 15) is 4.79 Å². The highest BCUT2D eigenvalue weighted by atomic mass is 16.6. The highest BCUT2D eigenvalue weighted by molar-refractivity contribution is 5.86. The second-order valence-electron chi connectivity index (χ2n) is 2.90. The minimum Gasteiger partial charge on any atom is -0.460 e. The van der Waals surface area contributed by atoms with Gasteiger partial charge in [-0.05, 0) is 13.8 Å². The minimum atomic E-state index is -0.924. The average Bonchev–Trinajstić information content (AvgIpc) is 2.17. The summed E-state index contributed by atoms with van der Waals surface area (Å²) in [6.45, 7) is 7.64. The van der Waals surface area contributed by atoms with Crippen LogP contribution in [0.25, 0.3) is 0 Å². The Morgan fingerprint density at radius 2 is 2.13 bits per heavy atom. The largest absolute Gasteiger partial charge is 0.460 e. The van der Waals surface area contributed by atoms with Gasteiger partial charge in [0.05, 0.1) is 13.2 Å². The summed E-state index contributed by atoms with van der Waals surface area (Å²) in [7, 11) is 0. The van der Waals surface area contributed by atoms with E-state index in [1.807, 2.05) is 0 Å². The summed E-state index contributed by atoms with van der Waals surface area (Å²) in [5, 5.41) is 9.08. The van der Waals surface area contributed by atoms with Crippen molar-refractivity contribution in [3.8, 4) is 0 Å². The molecule has 0 aliphatic rings. The Hall–Kier alpha value is -0.910. The molecule has 1 N–H and O–H groups in total. The van der Waals surface area contributed by atoms with Crippen molar-refractivity contribution < 1.29 is 24.1 Å². The first-order valence-corrected chi connectivity index (χ1v) is 4.78. The third kappa shape index (κ3) is 8.11. The van der Waals surface area contributed by atoms with Gasteiger partial charge in [0.1, 0.15) is 6.61 Å². The molecule has 0 saturated heterocycles. The molecule has 15 heavy (non-hydrogen) atoms. The van der Waals surface area contributed by atoms with Crippen molar-refractivity contribution in [3.63, 3.8) is 0 Å². The molecule has 0 aliphatic heterocycles. The van der Waals surface area contributed by atoms with Crippen molar-refractivity contribution in [2.75, 3.05) is 26.4 Å². The van der Waals surface area contributed by atoms with Crippen LogP contribution in [0.5, 0.6) is 0 Å². The molecule has 0 aromatic heterocycles. The van der Waals surface area contributed by atoms with Gasteiger partial charge in [0.2, 0.25) is 0 Å². The van der Waals surface area contributed by atoms with Gasteiger partial charge in [-0.25, -0.2) is 4.79 Å². The number of carbonyl (C=O) groups excluding carboxylic acids is 1. The van der Waals surface area contributed by atoms with Gasteiger partial charge in [-0.15, -0.1) is 0 Å². The van der Waals surface area contributed by atoms with Gasteiger partial charge in [0.25, 0.3) is 0 Å². The third-order valence-electron chi connectivity index (χ3n) is 1.43. The predicted octanol–water partition coefficient (Wildman–Crippen LogP) is 0.477. The van der Waals surface area contributed by atoms with Gasteiger partial charge in [0.15, 0.2) is 6.29 Å². The predicted molar refractivity (Wildman–Crippen MR) is 54.2 cm³/mol. The molecule has 0 fully saturated rings. The lowest BCUT2D eigenvalue weighted by atomic mass is 10.4. The molecule has 0 aliphatic carbocycles. The maximum absolute atomic E-state index is 10.9. The number of hydrogen-bond donors (Lipinski definition) is 1. The Labute approximate surface area is 89.6 Å². The van der Waals surface area contributed by atoms with Gasteiger partial charge in [-0.3, -0.25) is 0 Å². The molecule has 0 aromatic carbocycles. The van der Waals surface area contributed by atoms with E-state index in [0.29, 0.717) is 12.2 Å². The number of ether oxygens (including phenoxy) is 3. The number of hydrogen-bond acceptors (Lipinski definition) is 5. The van der Waals surface area contributed by atoms with E-state index in [0.717, 1.165) is 0 Å². The lowest BCUT2D eigenvalue weighted by Gasteiger charge is -2.10. The lowest BCUT2D eigenvalue weighted by molar-refractivity contribution is -0.147. The second kappa shape index (κ2) is 8.40. The second-order valence-corrected chi connectivity index (χ2v) is 2.90. The summed E-state index contributed by atoms with van der Waals surface area (Å²) in [6, 6.07) is 0. The third-order valence-corrected chi connectivity index (χ3v) is 1.43. The van der Waals surface area contributed by atoms with E-state index in [2.05, 4.69) is 6.58 Å². The fourth-order valence-electron chi connectivity index (χ4n) is 0.741. The number of aliphatic hydroxyl groups is 1. The zero-order valence-corrected chi connectivity index (χ0v) is 9.19. The van der Waals surface area contributed by atoms with E-state index in [4.69, 9.17) is 19.3 Å². The van der Waals surface area contributed by atoms with Gasteiger partial charge in [-0.2, -0.15) is 0 Å². The molecule has 0 aromatic rings. The number of rotatable bonds is 8. The monoisotopic (exact) mass is 218 g/mol. The van der Waals surface area contributed by atoms with Gasteiger partial charge < -0.3 is 19.3 Å². The van der Waals surface area contributed by atoms with Crippen LogP contribution in [-0.2, 0) is 19.0 Å². The van der Waals surface area contributed by atoms with E-state index in [1.165, 1.54) is 0 Å². The van der Waals surface area contributed by atoms with Crippen molar-refractivity contribution in [2.24, 2.45) is 0 Å². The first-order valence-electron chi connectivity index (χ1n) is 4.78. The van der Waals surface area contributed by atoms with E-state index in [-0.39, 0.29) is 19.8 Å². The molecule has 0 bridgehead atoms. The Kier molecular flexibility index (Phi) is 7.89. The fraction of sp³-hybridized carbons (Fsp3) is 0.700. The van der Waals surface area contributed by atoms with E-state index >= 15 is 0 Å². The Morgan fingerprint density at radius 3 is 2.67 bits per heavy atom. The summed E-state index contributed by atoms with van der Waals surface area (Å²) in [5.74, 6) is -0.441. The molecule has 0 heterocycles. The zero-order chi connectivity index (χ0) is 11.7. The molecular formula is C10H18O5. The molecular weight excluding hydrogens is 200 g/mol. The summed E-state index contributed by atoms with van der Waals surface area (Å²) in [5.41, 5.74) is 0.351. The van der Waals surface area contributed by atoms with Crippen LogP contribution in [0.15, 0.2) is 12.2 Å². The topological polar surface area (TPSA) is 65.0 Å². The lowest BCUT2D eigenvalue weighted by Crippen LogP contribution is -2.21. The molecule has 0 saturated carbocycles. The summed E-state index contributed by atoms with van der Waals surface area (Å²) >= 11 is 0. The molecule has 1 atom stereocenters. The standard InChI is InChI=1S/C10H18O5/c1-4-14-9(11)7-13-5-6-15-10(12)8(2)3/h9,11H,2,4-7H2,1,3H3. The Balaban J connectivity index is 3.32.